The topological polar surface area (TPSA) is 52.6 Å². The molecule has 1 aliphatic rings. The molecule has 0 saturated heterocycles. The number of likely N-dealkylation sites (N-methyl/N-ethyl adjacent to an activating group) is 1. The van der Waals surface area contributed by atoms with Gasteiger partial charge in [-0.1, -0.05) is 0 Å². The summed E-state index contributed by atoms with van der Waals surface area (Å²) in [7, 11) is 2.09. The van der Waals surface area contributed by atoms with Crippen LogP contribution in [0.5, 0.6) is 5.75 Å². The van der Waals surface area contributed by atoms with Crippen LogP contribution in [-0.4, -0.2) is 42.1 Å². The van der Waals surface area contributed by atoms with Gasteiger partial charge in [0.2, 0.25) is 0 Å². The minimum Gasteiger partial charge on any atom is -0.508 e. The molecule has 1 aromatic carbocycles. The van der Waals surface area contributed by atoms with Crippen LogP contribution in [0.2, 0.25) is 0 Å². The van der Waals surface area contributed by atoms with Crippen molar-refractivity contribution in [3.8, 4) is 5.75 Å². The first-order chi connectivity index (χ1) is 8.58. The van der Waals surface area contributed by atoms with Crippen LogP contribution in [0, 0.1) is 6.92 Å². The molecule has 0 spiro atoms. The number of carbonyl (C=O) groups is 1. The first-order valence-corrected chi connectivity index (χ1v) is 6.36. The Balaban J connectivity index is 1.81. The molecule has 98 valence electrons. The number of nitrogens with one attached hydrogen (secondary N) is 1. The predicted molar refractivity (Wildman–Crippen MR) is 70.8 cm³/mol. The van der Waals surface area contributed by atoms with Gasteiger partial charge in [0.1, 0.15) is 5.75 Å². The third-order valence-corrected chi connectivity index (χ3v) is 3.38. The quantitative estimate of drug-likeness (QED) is 0.830. The van der Waals surface area contributed by atoms with Crippen molar-refractivity contribution in [2.75, 3.05) is 20.1 Å². The molecule has 2 N–H and O–H groups in total. The van der Waals surface area contributed by atoms with Crippen molar-refractivity contribution in [2.24, 2.45) is 0 Å². The molecule has 0 radical (unpaired) electrons. The molecular weight excluding hydrogens is 228 g/mol. The summed E-state index contributed by atoms with van der Waals surface area (Å²) in [4.78, 5) is 14.1. The van der Waals surface area contributed by atoms with Gasteiger partial charge in [0.05, 0.1) is 0 Å². The van der Waals surface area contributed by atoms with Crippen molar-refractivity contribution in [1.29, 1.82) is 0 Å². The molecule has 4 nitrogen and oxygen atoms in total. The fourth-order valence-electron chi connectivity index (χ4n) is 1.94. The Bertz CT molecular complexity index is 441. The fourth-order valence-corrected chi connectivity index (χ4v) is 1.94. The molecular formula is C14H20N2O2. The van der Waals surface area contributed by atoms with E-state index in [2.05, 4.69) is 17.3 Å². The first-order valence-electron chi connectivity index (χ1n) is 6.36. The van der Waals surface area contributed by atoms with Gasteiger partial charge in [-0.3, -0.25) is 4.79 Å². The van der Waals surface area contributed by atoms with Crippen molar-refractivity contribution >= 4 is 5.91 Å². The number of nitrogens with zero attached hydrogens (tertiary/aromatic N) is 1. The predicted octanol–water partition coefficient (Wildman–Crippen LogP) is 1.52. The van der Waals surface area contributed by atoms with Crippen LogP contribution in [-0.2, 0) is 0 Å². The molecule has 0 unspecified atom stereocenters. The minimum absolute atomic E-state index is 0.0812. The van der Waals surface area contributed by atoms with E-state index < -0.39 is 0 Å². The number of rotatable bonds is 5. The van der Waals surface area contributed by atoms with E-state index in [4.69, 9.17) is 0 Å². The van der Waals surface area contributed by atoms with E-state index in [1.54, 1.807) is 25.1 Å². The van der Waals surface area contributed by atoms with Crippen LogP contribution in [0.4, 0.5) is 0 Å². The van der Waals surface area contributed by atoms with Gasteiger partial charge in [0, 0.05) is 24.7 Å². The Morgan fingerprint density at radius 1 is 1.50 bits per heavy atom. The molecule has 18 heavy (non-hydrogen) atoms. The first kappa shape index (κ1) is 12.9. The number of phenolic OH excluding ortho intramolecular Hbond substituents is 1. The summed E-state index contributed by atoms with van der Waals surface area (Å²) < 4.78 is 0. The van der Waals surface area contributed by atoms with Crippen LogP contribution >= 0.6 is 0 Å². The summed E-state index contributed by atoms with van der Waals surface area (Å²) in [5.41, 5.74) is 1.32. The van der Waals surface area contributed by atoms with Crippen LogP contribution in [0.15, 0.2) is 18.2 Å². The van der Waals surface area contributed by atoms with E-state index in [9.17, 15) is 9.90 Å². The summed E-state index contributed by atoms with van der Waals surface area (Å²) in [6, 6.07) is 5.62. The van der Waals surface area contributed by atoms with Crippen molar-refractivity contribution in [1.82, 2.24) is 10.2 Å². The average Bonchev–Trinajstić information content (AvgIpc) is 3.16. The molecule has 2 rings (SSSR count). The summed E-state index contributed by atoms with van der Waals surface area (Å²) in [5.74, 6) is 0.141. The highest BCUT2D eigenvalue weighted by molar-refractivity contribution is 5.94. The molecule has 0 aliphatic heterocycles. The highest BCUT2D eigenvalue weighted by Gasteiger charge is 2.25. The molecule has 1 aromatic rings. The average molecular weight is 248 g/mol. The lowest BCUT2D eigenvalue weighted by atomic mass is 10.1. The van der Waals surface area contributed by atoms with E-state index in [0.717, 1.165) is 18.2 Å². The number of hydrogen-bond donors (Lipinski definition) is 2. The zero-order chi connectivity index (χ0) is 13.1. The van der Waals surface area contributed by atoms with Gasteiger partial charge in [-0.25, -0.2) is 0 Å². The maximum absolute atomic E-state index is 11.9. The van der Waals surface area contributed by atoms with E-state index >= 15 is 0 Å². The minimum atomic E-state index is -0.0812. The molecule has 1 fully saturated rings. The molecule has 0 aromatic heterocycles. The largest absolute Gasteiger partial charge is 0.508 e. The third-order valence-electron chi connectivity index (χ3n) is 3.38. The van der Waals surface area contributed by atoms with Crippen LogP contribution in [0.3, 0.4) is 0 Å². The molecule has 0 heterocycles. The molecule has 1 aliphatic carbocycles. The standard InChI is InChI=1S/C14H20N2O2/c1-10-9-11(3-6-13(10)17)14(18)15-7-8-16(2)12-4-5-12/h3,6,9,12,17H,4-5,7-8H2,1-2H3,(H,15,18). The lowest BCUT2D eigenvalue weighted by Gasteiger charge is -2.15. The molecule has 0 atom stereocenters. The van der Waals surface area contributed by atoms with Crippen molar-refractivity contribution < 1.29 is 9.90 Å². The Labute approximate surface area is 108 Å². The van der Waals surface area contributed by atoms with E-state index in [0.29, 0.717) is 12.1 Å². The van der Waals surface area contributed by atoms with Gasteiger partial charge in [0.25, 0.3) is 5.91 Å². The normalized spacial score (nSPS) is 14.8. The zero-order valence-corrected chi connectivity index (χ0v) is 10.9. The summed E-state index contributed by atoms with van der Waals surface area (Å²) in [5, 5.41) is 12.3. The highest BCUT2D eigenvalue weighted by atomic mass is 16.3. The maximum atomic E-state index is 11.9. The summed E-state index contributed by atoms with van der Waals surface area (Å²) >= 11 is 0. The number of aryl methyl sites for hydroxylation is 1. The number of hydrogen-bond acceptors (Lipinski definition) is 3. The summed E-state index contributed by atoms with van der Waals surface area (Å²) in [6.07, 6.45) is 2.56. The van der Waals surface area contributed by atoms with Crippen LogP contribution in [0.25, 0.3) is 0 Å². The second kappa shape index (κ2) is 5.40. The van der Waals surface area contributed by atoms with Gasteiger partial charge >= 0.3 is 0 Å². The highest BCUT2D eigenvalue weighted by Crippen LogP contribution is 2.24. The maximum Gasteiger partial charge on any atom is 0.251 e. The second-order valence-electron chi connectivity index (χ2n) is 4.97. The molecule has 4 heteroatoms. The summed E-state index contributed by atoms with van der Waals surface area (Å²) in [6.45, 7) is 3.33. The number of phenols is 1. The Kier molecular flexibility index (Phi) is 3.87. The van der Waals surface area contributed by atoms with Gasteiger partial charge < -0.3 is 15.3 Å². The van der Waals surface area contributed by atoms with Gasteiger partial charge in [-0.05, 0) is 50.6 Å². The SMILES string of the molecule is Cc1cc(C(=O)NCCN(C)C2CC2)ccc1O. The Hall–Kier alpha value is -1.55. The van der Waals surface area contributed by atoms with Crippen molar-refractivity contribution in [3.05, 3.63) is 29.3 Å². The van der Waals surface area contributed by atoms with Crippen molar-refractivity contribution in [2.45, 2.75) is 25.8 Å². The van der Waals surface area contributed by atoms with Crippen LogP contribution < -0.4 is 5.32 Å². The lowest BCUT2D eigenvalue weighted by molar-refractivity contribution is 0.0949. The number of aromatic hydroxyl groups is 1. The smallest absolute Gasteiger partial charge is 0.251 e. The number of amides is 1. The molecule has 1 amide bonds. The van der Waals surface area contributed by atoms with Gasteiger partial charge in [0.15, 0.2) is 0 Å². The second-order valence-corrected chi connectivity index (χ2v) is 4.97. The van der Waals surface area contributed by atoms with Crippen LogP contribution in [0.1, 0.15) is 28.8 Å². The Morgan fingerprint density at radius 3 is 2.83 bits per heavy atom. The number of benzene rings is 1. The Morgan fingerprint density at radius 2 is 2.22 bits per heavy atom. The van der Waals surface area contributed by atoms with E-state index in [1.165, 1.54) is 12.8 Å². The van der Waals surface area contributed by atoms with E-state index in [-0.39, 0.29) is 11.7 Å². The van der Waals surface area contributed by atoms with Gasteiger partial charge in [-0.15, -0.1) is 0 Å². The third kappa shape index (κ3) is 3.23. The molecule has 1 saturated carbocycles. The lowest BCUT2D eigenvalue weighted by Crippen LogP contribution is -2.33. The zero-order valence-electron chi connectivity index (χ0n) is 10.9. The van der Waals surface area contributed by atoms with Gasteiger partial charge in [-0.2, -0.15) is 0 Å². The monoisotopic (exact) mass is 248 g/mol. The van der Waals surface area contributed by atoms with E-state index in [1.807, 2.05) is 0 Å². The number of carbonyl (C=O) groups excluding carboxylic acids is 1. The fraction of sp³-hybridized carbons (Fsp3) is 0.500. The molecule has 0 bridgehead atoms. The van der Waals surface area contributed by atoms with Crippen molar-refractivity contribution in [3.63, 3.8) is 0 Å².